The Morgan fingerprint density at radius 1 is 1.50 bits per heavy atom. The Bertz CT molecular complexity index is 652. The van der Waals surface area contributed by atoms with Gasteiger partial charge in [0.05, 0.1) is 12.1 Å². The number of ether oxygens (including phenoxy) is 1. The minimum absolute atomic E-state index is 0.140. The predicted molar refractivity (Wildman–Crippen MR) is 74.3 cm³/mol. The summed E-state index contributed by atoms with van der Waals surface area (Å²) in [5, 5.41) is 9.92. The van der Waals surface area contributed by atoms with Crippen LogP contribution in [0.25, 0.3) is 0 Å². The van der Waals surface area contributed by atoms with Crippen LogP contribution in [0.3, 0.4) is 0 Å². The molecule has 2 aromatic rings. The van der Waals surface area contributed by atoms with Crippen molar-refractivity contribution in [1.29, 1.82) is 0 Å². The molecule has 1 aromatic heterocycles. The van der Waals surface area contributed by atoms with Crippen molar-refractivity contribution in [2.24, 2.45) is 0 Å². The van der Waals surface area contributed by atoms with E-state index in [0.29, 0.717) is 22.4 Å². The molecule has 0 unspecified atom stereocenters. The molecule has 0 bridgehead atoms. The Morgan fingerprint density at radius 3 is 3.00 bits per heavy atom. The first-order valence-corrected chi connectivity index (χ1v) is 6.62. The van der Waals surface area contributed by atoms with Crippen LogP contribution in [0.2, 0.25) is 5.02 Å². The smallest absolute Gasteiger partial charge is 0.295 e. The highest BCUT2D eigenvalue weighted by Crippen LogP contribution is 2.37. The first-order chi connectivity index (χ1) is 9.67. The van der Waals surface area contributed by atoms with Gasteiger partial charge in [0.1, 0.15) is 11.6 Å². The number of H-pyrrole nitrogens is 1. The van der Waals surface area contributed by atoms with Crippen molar-refractivity contribution >= 4 is 23.2 Å². The number of carbonyl (C=O) groups excluding carboxylic acids is 1. The standard InChI is InChI=1S/C13H13ClN4O2/c1-20-10-6-8(4-5-9(10)14)15-13(19)12-16-11(17-18-12)7-2-3-7/h4-7H,2-3H2,1H3,(H,15,19)(H,16,17,18). The van der Waals surface area contributed by atoms with Gasteiger partial charge in [-0.1, -0.05) is 11.6 Å². The molecule has 1 aliphatic carbocycles. The molecule has 1 aliphatic rings. The van der Waals surface area contributed by atoms with Crippen LogP contribution in [-0.4, -0.2) is 28.2 Å². The molecule has 7 heteroatoms. The number of aromatic nitrogens is 3. The van der Waals surface area contributed by atoms with Crippen LogP contribution in [0.4, 0.5) is 5.69 Å². The number of hydrogen-bond acceptors (Lipinski definition) is 4. The summed E-state index contributed by atoms with van der Waals surface area (Å²) < 4.78 is 5.10. The van der Waals surface area contributed by atoms with Gasteiger partial charge in [0.25, 0.3) is 5.91 Å². The zero-order valence-corrected chi connectivity index (χ0v) is 11.6. The molecule has 0 spiro atoms. The van der Waals surface area contributed by atoms with Crippen LogP contribution in [0.5, 0.6) is 5.75 Å². The number of hydrogen-bond donors (Lipinski definition) is 2. The minimum Gasteiger partial charge on any atom is -0.495 e. The lowest BCUT2D eigenvalue weighted by atomic mass is 10.3. The van der Waals surface area contributed by atoms with Gasteiger partial charge in [-0.15, -0.1) is 5.10 Å². The SMILES string of the molecule is COc1cc(NC(=O)c2n[nH]c(C3CC3)n2)ccc1Cl. The van der Waals surface area contributed by atoms with E-state index in [1.807, 2.05) is 0 Å². The van der Waals surface area contributed by atoms with Gasteiger partial charge >= 0.3 is 0 Å². The van der Waals surface area contributed by atoms with Crippen LogP contribution >= 0.6 is 11.6 Å². The molecule has 1 aromatic carbocycles. The fourth-order valence-electron chi connectivity index (χ4n) is 1.84. The number of carbonyl (C=O) groups is 1. The van der Waals surface area contributed by atoms with Crippen LogP contribution in [0, 0.1) is 0 Å². The van der Waals surface area contributed by atoms with E-state index in [9.17, 15) is 4.79 Å². The van der Waals surface area contributed by atoms with Crippen molar-refractivity contribution in [3.8, 4) is 5.75 Å². The molecule has 20 heavy (non-hydrogen) atoms. The number of anilines is 1. The van der Waals surface area contributed by atoms with Crippen molar-refractivity contribution in [1.82, 2.24) is 15.2 Å². The summed E-state index contributed by atoms with van der Waals surface area (Å²) in [5.74, 6) is 1.49. The van der Waals surface area contributed by atoms with Gasteiger partial charge in [-0.05, 0) is 25.0 Å². The number of aromatic amines is 1. The van der Waals surface area contributed by atoms with E-state index in [1.165, 1.54) is 7.11 Å². The van der Waals surface area contributed by atoms with Crippen LogP contribution in [0.1, 0.15) is 35.2 Å². The summed E-state index contributed by atoms with van der Waals surface area (Å²) in [6, 6.07) is 5.00. The van der Waals surface area contributed by atoms with Gasteiger partial charge in [0, 0.05) is 17.7 Å². The number of nitrogens with zero attached hydrogens (tertiary/aromatic N) is 2. The van der Waals surface area contributed by atoms with Gasteiger partial charge in [0.15, 0.2) is 0 Å². The first kappa shape index (κ1) is 12.9. The van der Waals surface area contributed by atoms with Gasteiger partial charge < -0.3 is 10.1 Å². The highest BCUT2D eigenvalue weighted by Gasteiger charge is 2.28. The molecule has 1 fully saturated rings. The molecule has 2 N–H and O–H groups in total. The maximum absolute atomic E-state index is 12.0. The average molecular weight is 293 g/mol. The average Bonchev–Trinajstić information content (AvgIpc) is 3.18. The Labute approximate surface area is 120 Å². The molecular formula is C13H13ClN4O2. The van der Waals surface area contributed by atoms with Crippen LogP contribution in [0.15, 0.2) is 18.2 Å². The molecule has 1 saturated carbocycles. The van der Waals surface area contributed by atoms with Crippen LogP contribution < -0.4 is 10.1 Å². The summed E-state index contributed by atoms with van der Waals surface area (Å²) in [4.78, 5) is 16.2. The van der Waals surface area contributed by atoms with E-state index in [4.69, 9.17) is 16.3 Å². The van der Waals surface area contributed by atoms with E-state index in [2.05, 4.69) is 20.5 Å². The number of rotatable bonds is 4. The lowest BCUT2D eigenvalue weighted by Gasteiger charge is -2.06. The molecule has 0 radical (unpaired) electrons. The first-order valence-electron chi connectivity index (χ1n) is 6.24. The number of benzene rings is 1. The zero-order chi connectivity index (χ0) is 14.1. The molecule has 6 nitrogen and oxygen atoms in total. The maximum Gasteiger partial charge on any atom is 0.295 e. The fourth-order valence-corrected chi connectivity index (χ4v) is 2.03. The topological polar surface area (TPSA) is 79.9 Å². The number of methoxy groups -OCH3 is 1. The van der Waals surface area contributed by atoms with Gasteiger partial charge in [-0.3, -0.25) is 9.89 Å². The molecule has 3 rings (SSSR count). The quantitative estimate of drug-likeness (QED) is 0.908. The molecule has 104 valence electrons. The Kier molecular flexibility index (Phi) is 3.31. The molecular weight excluding hydrogens is 280 g/mol. The van der Waals surface area contributed by atoms with Crippen molar-refractivity contribution in [3.63, 3.8) is 0 Å². The van der Waals surface area contributed by atoms with Crippen LogP contribution in [-0.2, 0) is 0 Å². The molecule has 0 aliphatic heterocycles. The number of nitrogens with one attached hydrogen (secondary N) is 2. The highest BCUT2D eigenvalue weighted by molar-refractivity contribution is 6.32. The summed E-state index contributed by atoms with van der Waals surface area (Å²) >= 11 is 5.93. The Morgan fingerprint density at radius 2 is 2.30 bits per heavy atom. The lowest BCUT2D eigenvalue weighted by molar-refractivity contribution is 0.101. The minimum atomic E-state index is -0.363. The predicted octanol–water partition coefficient (Wildman–Crippen LogP) is 2.60. The monoisotopic (exact) mass is 292 g/mol. The second-order valence-corrected chi connectivity index (χ2v) is 5.03. The summed E-state index contributed by atoms with van der Waals surface area (Å²) in [7, 11) is 1.52. The normalized spacial score (nSPS) is 14.1. The van der Waals surface area contributed by atoms with Crippen molar-refractivity contribution < 1.29 is 9.53 Å². The highest BCUT2D eigenvalue weighted by atomic mass is 35.5. The van der Waals surface area contributed by atoms with Crippen molar-refractivity contribution in [3.05, 3.63) is 34.9 Å². The van der Waals surface area contributed by atoms with E-state index < -0.39 is 0 Å². The lowest BCUT2D eigenvalue weighted by Crippen LogP contribution is -2.13. The second kappa shape index (κ2) is 5.13. The van der Waals surface area contributed by atoms with Crippen molar-refractivity contribution in [2.75, 3.05) is 12.4 Å². The maximum atomic E-state index is 12.0. The second-order valence-electron chi connectivity index (χ2n) is 4.62. The van der Waals surface area contributed by atoms with E-state index in [-0.39, 0.29) is 11.7 Å². The zero-order valence-electron chi connectivity index (χ0n) is 10.8. The summed E-state index contributed by atoms with van der Waals surface area (Å²) in [6.45, 7) is 0. The summed E-state index contributed by atoms with van der Waals surface area (Å²) in [5.41, 5.74) is 0.578. The third kappa shape index (κ3) is 2.60. The van der Waals surface area contributed by atoms with Crippen molar-refractivity contribution in [2.45, 2.75) is 18.8 Å². The molecule has 1 heterocycles. The Hall–Kier alpha value is -2.08. The largest absolute Gasteiger partial charge is 0.495 e. The van der Waals surface area contributed by atoms with Gasteiger partial charge in [-0.25, -0.2) is 4.98 Å². The molecule has 0 atom stereocenters. The van der Waals surface area contributed by atoms with Gasteiger partial charge in [-0.2, -0.15) is 0 Å². The summed E-state index contributed by atoms with van der Waals surface area (Å²) in [6.07, 6.45) is 2.20. The van der Waals surface area contributed by atoms with E-state index >= 15 is 0 Å². The Balaban J connectivity index is 1.74. The third-order valence-electron chi connectivity index (χ3n) is 3.08. The van der Waals surface area contributed by atoms with E-state index in [1.54, 1.807) is 18.2 Å². The molecule has 1 amide bonds. The van der Waals surface area contributed by atoms with Gasteiger partial charge in [0.2, 0.25) is 5.82 Å². The van der Waals surface area contributed by atoms with E-state index in [0.717, 1.165) is 18.7 Å². The number of amides is 1. The molecule has 0 saturated heterocycles. The fraction of sp³-hybridized carbons (Fsp3) is 0.308. The number of halogens is 1. The third-order valence-corrected chi connectivity index (χ3v) is 3.39.